The molecule has 2 aliphatic heterocycles. The van der Waals surface area contributed by atoms with E-state index in [0.717, 1.165) is 62.9 Å². The van der Waals surface area contributed by atoms with Gasteiger partial charge < -0.3 is 20.1 Å². The summed E-state index contributed by atoms with van der Waals surface area (Å²) in [7, 11) is 1.59. The number of anilines is 1. The number of hydrogen-bond acceptors (Lipinski definition) is 5. The van der Waals surface area contributed by atoms with Gasteiger partial charge in [0, 0.05) is 37.8 Å². The number of amides is 2. The summed E-state index contributed by atoms with van der Waals surface area (Å²) < 4.78 is 5.28. The van der Waals surface area contributed by atoms with E-state index >= 15 is 0 Å². The predicted molar refractivity (Wildman–Crippen MR) is 108 cm³/mol. The van der Waals surface area contributed by atoms with Gasteiger partial charge in [0.1, 0.15) is 0 Å². The normalized spacial score (nSPS) is 30.0. The third-order valence-electron chi connectivity index (χ3n) is 7.06. The zero-order valence-electron chi connectivity index (χ0n) is 17.2. The maximum atomic E-state index is 12.9. The summed E-state index contributed by atoms with van der Waals surface area (Å²) in [6, 6.07) is 2.33. The molecule has 4 rings (SSSR count). The summed E-state index contributed by atoms with van der Waals surface area (Å²) in [5, 5.41) is 12.5. The molecule has 1 saturated heterocycles. The minimum Gasteiger partial charge on any atom is -0.481 e. The van der Waals surface area contributed by atoms with Crippen LogP contribution in [0.4, 0.5) is 10.5 Å². The molecule has 29 heavy (non-hydrogen) atoms. The van der Waals surface area contributed by atoms with Crippen LogP contribution in [0.3, 0.4) is 0 Å². The average molecular weight is 402 g/mol. The van der Waals surface area contributed by atoms with Gasteiger partial charge in [0.2, 0.25) is 11.8 Å². The van der Waals surface area contributed by atoms with E-state index < -0.39 is 11.5 Å². The molecule has 2 amide bonds. The molecule has 8 heteroatoms. The fourth-order valence-corrected chi connectivity index (χ4v) is 5.38. The van der Waals surface area contributed by atoms with Crippen LogP contribution >= 0.6 is 0 Å². The van der Waals surface area contributed by atoms with Crippen molar-refractivity contribution in [2.75, 3.05) is 32.1 Å². The summed E-state index contributed by atoms with van der Waals surface area (Å²) in [4.78, 5) is 32.8. The molecule has 3 heterocycles. The van der Waals surface area contributed by atoms with Gasteiger partial charge in [-0.15, -0.1) is 0 Å². The second-order valence-corrected chi connectivity index (χ2v) is 8.43. The fourth-order valence-electron chi connectivity index (χ4n) is 5.38. The summed E-state index contributed by atoms with van der Waals surface area (Å²) in [6.45, 7) is 4.35. The van der Waals surface area contributed by atoms with Gasteiger partial charge >= 0.3 is 6.09 Å². The fraction of sp³-hybridized carbons (Fsp3) is 0.667. The molecule has 2 fully saturated rings. The third kappa shape index (κ3) is 3.43. The number of nitrogens with zero attached hydrogens (tertiary/aromatic N) is 3. The van der Waals surface area contributed by atoms with Gasteiger partial charge in [-0.1, -0.05) is 6.92 Å². The molecule has 0 bridgehead atoms. The van der Waals surface area contributed by atoms with Crippen LogP contribution in [0.2, 0.25) is 0 Å². The Balaban J connectivity index is 1.49. The SMILES string of the molecule is CCC1CN(C2CCC3(CC2)C(=O)Nc2cnc(OC)cc23)CCCN1C(=O)O. The van der Waals surface area contributed by atoms with E-state index in [1.807, 2.05) is 6.07 Å². The molecule has 1 spiro atoms. The number of ether oxygens (including phenoxy) is 1. The van der Waals surface area contributed by atoms with Gasteiger partial charge in [-0.05, 0) is 44.1 Å². The first-order valence-electron chi connectivity index (χ1n) is 10.6. The van der Waals surface area contributed by atoms with Crippen molar-refractivity contribution in [3.63, 3.8) is 0 Å². The Kier molecular flexibility index (Phi) is 5.38. The van der Waals surface area contributed by atoms with Gasteiger partial charge in [0.15, 0.2) is 0 Å². The number of carbonyl (C=O) groups is 2. The van der Waals surface area contributed by atoms with Gasteiger partial charge in [0.05, 0.1) is 24.4 Å². The lowest BCUT2D eigenvalue weighted by Gasteiger charge is -2.41. The molecule has 158 valence electrons. The Bertz CT molecular complexity index is 791. The highest BCUT2D eigenvalue weighted by Gasteiger charge is 2.49. The highest BCUT2D eigenvalue weighted by molar-refractivity contribution is 6.06. The summed E-state index contributed by atoms with van der Waals surface area (Å²) in [6.07, 6.45) is 6.00. The molecule has 1 aliphatic carbocycles. The summed E-state index contributed by atoms with van der Waals surface area (Å²) in [5.74, 6) is 0.606. The molecule has 1 aromatic rings. The van der Waals surface area contributed by atoms with Crippen LogP contribution in [-0.2, 0) is 10.2 Å². The standard InChI is InChI=1S/C21H30N4O4/c1-3-14-13-24(9-4-10-25(14)20(27)28)15-5-7-21(8-6-15)16-11-18(29-2)22-12-17(16)23-19(21)26/h11-12,14-15H,3-10,13H2,1-2H3,(H,23,26)(H,27,28). The first-order valence-corrected chi connectivity index (χ1v) is 10.6. The first kappa shape index (κ1) is 19.9. The van der Waals surface area contributed by atoms with Gasteiger partial charge in [-0.3, -0.25) is 9.69 Å². The Morgan fingerprint density at radius 2 is 2.14 bits per heavy atom. The number of carbonyl (C=O) groups excluding carboxylic acids is 1. The van der Waals surface area contributed by atoms with Crippen molar-refractivity contribution < 1.29 is 19.4 Å². The van der Waals surface area contributed by atoms with E-state index in [9.17, 15) is 14.7 Å². The smallest absolute Gasteiger partial charge is 0.407 e. The molecule has 0 radical (unpaired) electrons. The van der Waals surface area contributed by atoms with E-state index in [-0.39, 0.29) is 11.9 Å². The van der Waals surface area contributed by atoms with E-state index in [4.69, 9.17) is 4.74 Å². The van der Waals surface area contributed by atoms with Crippen molar-refractivity contribution in [2.45, 2.75) is 62.9 Å². The van der Waals surface area contributed by atoms with Crippen molar-refractivity contribution in [2.24, 2.45) is 0 Å². The molecule has 3 aliphatic rings. The van der Waals surface area contributed by atoms with Gasteiger partial charge in [-0.2, -0.15) is 0 Å². The van der Waals surface area contributed by atoms with Gasteiger partial charge in [-0.25, -0.2) is 9.78 Å². The van der Waals surface area contributed by atoms with E-state index in [0.29, 0.717) is 18.5 Å². The monoisotopic (exact) mass is 402 g/mol. The Morgan fingerprint density at radius 3 is 2.79 bits per heavy atom. The molecular formula is C21H30N4O4. The molecule has 1 unspecified atom stereocenters. The van der Waals surface area contributed by atoms with E-state index in [1.54, 1.807) is 18.2 Å². The molecule has 1 atom stereocenters. The van der Waals surface area contributed by atoms with Gasteiger partial charge in [0.25, 0.3) is 0 Å². The second kappa shape index (κ2) is 7.82. The van der Waals surface area contributed by atoms with E-state index in [2.05, 4.69) is 22.1 Å². The number of carboxylic acid groups (broad SMARTS) is 1. The Labute approximate surface area is 171 Å². The minimum absolute atomic E-state index is 0.0386. The molecule has 1 aromatic heterocycles. The summed E-state index contributed by atoms with van der Waals surface area (Å²) >= 11 is 0. The van der Waals surface area contributed by atoms with Crippen LogP contribution < -0.4 is 10.1 Å². The predicted octanol–water partition coefficient (Wildman–Crippen LogP) is 2.69. The van der Waals surface area contributed by atoms with Crippen LogP contribution in [0, 0.1) is 0 Å². The Hall–Kier alpha value is -2.35. The number of hydrogen-bond donors (Lipinski definition) is 2. The molecule has 2 N–H and O–H groups in total. The van der Waals surface area contributed by atoms with Crippen LogP contribution in [-0.4, -0.2) is 70.7 Å². The molecule has 1 saturated carbocycles. The molecule has 8 nitrogen and oxygen atoms in total. The molecule has 0 aromatic carbocycles. The number of fused-ring (bicyclic) bond motifs is 2. The van der Waals surface area contributed by atoms with Crippen molar-refractivity contribution in [1.29, 1.82) is 0 Å². The largest absolute Gasteiger partial charge is 0.481 e. The number of methoxy groups -OCH3 is 1. The average Bonchev–Trinajstić information content (AvgIpc) is 2.88. The second-order valence-electron chi connectivity index (χ2n) is 8.43. The van der Waals surface area contributed by atoms with Crippen molar-refractivity contribution in [3.05, 3.63) is 17.8 Å². The highest BCUT2D eigenvalue weighted by atomic mass is 16.5. The number of rotatable bonds is 3. The topological polar surface area (TPSA) is 95.0 Å². The van der Waals surface area contributed by atoms with Crippen molar-refractivity contribution >= 4 is 17.7 Å². The maximum Gasteiger partial charge on any atom is 0.407 e. The van der Waals surface area contributed by atoms with Crippen molar-refractivity contribution in [1.82, 2.24) is 14.8 Å². The number of pyridine rings is 1. The minimum atomic E-state index is -0.817. The van der Waals surface area contributed by atoms with Crippen LogP contribution in [0.5, 0.6) is 5.88 Å². The quantitative estimate of drug-likeness (QED) is 0.807. The molecular weight excluding hydrogens is 372 g/mol. The highest BCUT2D eigenvalue weighted by Crippen LogP contribution is 2.48. The maximum absolute atomic E-state index is 12.9. The zero-order valence-corrected chi connectivity index (χ0v) is 17.2. The van der Waals surface area contributed by atoms with Crippen LogP contribution in [0.25, 0.3) is 0 Å². The summed E-state index contributed by atoms with van der Waals surface area (Å²) in [5.41, 5.74) is 1.31. The zero-order chi connectivity index (χ0) is 20.6. The first-order chi connectivity index (χ1) is 14.0. The lowest BCUT2D eigenvalue weighted by atomic mass is 9.68. The number of aromatic nitrogens is 1. The Morgan fingerprint density at radius 1 is 1.38 bits per heavy atom. The van der Waals surface area contributed by atoms with Crippen LogP contribution in [0.15, 0.2) is 12.3 Å². The number of nitrogens with one attached hydrogen (secondary N) is 1. The lowest BCUT2D eigenvalue weighted by molar-refractivity contribution is -0.122. The van der Waals surface area contributed by atoms with Crippen molar-refractivity contribution in [3.8, 4) is 5.88 Å². The van der Waals surface area contributed by atoms with E-state index in [1.165, 1.54) is 0 Å². The lowest BCUT2D eigenvalue weighted by Crippen LogP contribution is -2.49. The van der Waals surface area contributed by atoms with Crippen LogP contribution in [0.1, 0.15) is 51.0 Å². The third-order valence-corrected chi connectivity index (χ3v) is 7.06.